The Balaban J connectivity index is 2.07. The van der Waals surface area contributed by atoms with E-state index < -0.39 is 12.3 Å². The average Bonchev–Trinajstić information content (AvgIpc) is 2.70. The lowest BCUT2D eigenvalue weighted by atomic mass is 9.97. The SMILES string of the molecule is Cc1cc(-c2ccc3c(c2)CC(F)C3O)cc(C)c1O. The van der Waals surface area contributed by atoms with Crippen LogP contribution in [0.15, 0.2) is 30.3 Å². The molecule has 0 fully saturated rings. The first-order valence-corrected chi connectivity index (χ1v) is 6.73. The van der Waals surface area contributed by atoms with E-state index in [9.17, 15) is 14.6 Å². The topological polar surface area (TPSA) is 40.5 Å². The summed E-state index contributed by atoms with van der Waals surface area (Å²) < 4.78 is 13.5. The molecular weight excluding hydrogens is 255 g/mol. The number of aliphatic hydroxyl groups excluding tert-OH is 1. The molecule has 2 aromatic rings. The minimum absolute atomic E-state index is 0.264. The van der Waals surface area contributed by atoms with Crippen LogP contribution in [0.2, 0.25) is 0 Å². The Labute approximate surface area is 117 Å². The quantitative estimate of drug-likeness (QED) is 0.832. The lowest BCUT2D eigenvalue weighted by Gasteiger charge is -2.10. The molecule has 0 radical (unpaired) electrons. The molecule has 20 heavy (non-hydrogen) atoms. The highest BCUT2D eigenvalue weighted by molar-refractivity contribution is 5.69. The highest BCUT2D eigenvalue weighted by Crippen LogP contribution is 2.37. The molecule has 104 valence electrons. The van der Waals surface area contributed by atoms with Gasteiger partial charge < -0.3 is 10.2 Å². The summed E-state index contributed by atoms with van der Waals surface area (Å²) in [4.78, 5) is 0. The first-order chi connectivity index (χ1) is 9.47. The molecule has 1 aliphatic carbocycles. The van der Waals surface area contributed by atoms with E-state index in [-0.39, 0.29) is 6.42 Å². The van der Waals surface area contributed by atoms with E-state index >= 15 is 0 Å². The number of phenolic OH excluding ortho intramolecular Hbond substituents is 1. The Morgan fingerprint density at radius 3 is 2.35 bits per heavy atom. The van der Waals surface area contributed by atoms with Gasteiger partial charge in [0.15, 0.2) is 0 Å². The third-order valence-electron chi connectivity index (χ3n) is 4.04. The summed E-state index contributed by atoms with van der Waals surface area (Å²) in [6.45, 7) is 3.72. The van der Waals surface area contributed by atoms with Crippen LogP contribution >= 0.6 is 0 Å². The molecule has 3 rings (SSSR count). The molecule has 0 saturated heterocycles. The summed E-state index contributed by atoms with van der Waals surface area (Å²) in [5.41, 5.74) is 5.18. The summed E-state index contributed by atoms with van der Waals surface area (Å²) in [7, 11) is 0. The Morgan fingerprint density at radius 2 is 1.70 bits per heavy atom. The lowest BCUT2D eigenvalue weighted by Crippen LogP contribution is -2.05. The van der Waals surface area contributed by atoms with E-state index in [1.165, 1.54) is 0 Å². The molecule has 0 bridgehead atoms. The Bertz CT molecular complexity index is 656. The molecule has 2 N–H and O–H groups in total. The fourth-order valence-electron chi connectivity index (χ4n) is 2.89. The first-order valence-electron chi connectivity index (χ1n) is 6.73. The number of aliphatic hydroxyl groups is 1. The predicted octanol–water partition coefficient (Wildman–Crippen LogP) is 3.60. The fraction of sp³-hybridized carbons (Fsp3) is 0.294. The number of fused-ring (bicyclic) bond motifs is 1. The van der Waals surface area contributed by atoms with E-state index in [2.05, 4.69) is 0 Å². The number of alkyl halides is 1. The van der Waals surface area contributed by atoms with Crippen LogP contribution < -0.4 is 0 Å². The minimum Gasteiger partial charge on any atom is -0.507 e. The van der Waals surface area contributed by atoms with Gasteiger partial charge in [0, 0.05) is 6.42 Å². The predicted molar refractivity (Wildman–Crippen MR) is 76.6 cm³/mol. The second-order valence-electron chi connectivity index (χ2n) is 5.54. The number of aromatic hydroxyl groups is 1. The van der Waals surface area contributed by atoms with Crippen molar-refractivity contribution in [3.05, 3.63) is 52.6 Å². The maximum absolute atomic E-state index is 13.5. The molecule has 2 atom stereocenters. The van der Waals surface area contributed by atoms with Crippen LogP contribution in [0.25, 0.3) is 11.1 Å². The van der Waals surface area contributed by atoms with Gasteiger partial charge in [0.05, 0.1) is 0 Å². The monoisotopic (exact) mass is 272 g/mol. The number of rotatable bonds is 1. The van der Waals surface area contributed by atoms with E-state index in [1.54, 1.807) is 6.07 Å². The molecule has 3 heteroatoms. The van der Waals surface area contributed by atoms with Crippen molar-refractivity contribution in [1.29, 1.82) is 0 Å². The van der Waals surface area contributed by atoms with Crippen molar-refractivity contribution < 1.29 is 14.6 Å². The van der Waals surface area contributed by atoms with E-state index in [1.807, 2.05) is 38.1 Å². The zero-order valence-electron chi connectivity index (χ0n) is 11.5. The average molecular weight is 272 g/mol. The van der Waals surface area contributed by atoms with Crippen LogP contribution in [0.1, 0.15) is 28.4 Å². The standard InChI is InChI=1S/C17H17FO2/c1-9-5-12(6-10(2)16(9)19)11-3-4-14-13(7-11)8-15(18)17(14)20/h3-7,15,17,19-20H,8H2,1-2H3. The van der Waals surface area contributed by atoms with Gasteiger partial charge in [-0.25, -0.2) is 4.39 Å². The van der Waals surface area contributed by atoms with Crippen molar-refractivity contribution in [2.75, 3.05) is 0 Å². The molecule has 0 spiro atoms. The number of hydrogen-bond donors (Lipinski definition) is 2. The van der Waals surface area contributed by atoms with E-state index in [4.69, 9.17) is 0 Å². The number of benzene rings is 2. The number of phenols is 1. The van der Waals surface area contributed by atoms with Gasteiger partial charge in [-0.3, -0.25) is 0 Å². The van der Waals surface area contributed by atoms with Gasteiger partial charge >= 0.3 is 0 Å². The van der Waals surface area contributed by atoms with Crippen LogP contribution in [-0.2, 0) is 6.42 Å². The van der Waals surface area contributed by atoms with Gasteiger partial charge in [-0.2, -0.15) is 0 Å². The van der Waals surface area contributed by atoms with Crippen LogP contribution in [0, 0.1) is 13.8 Å². The van der Waals surface area contributed by atoms with Crippen molar-refractivity contribution in [2.24, 2.45) is 0 Å². The third kappa shape index (κ3) is 1.98. The van der Waals surface area contributed by atoms with Crippen molar-refractivity contribution in [3.63, 3.8) is 0 Å². The normalized spacial score (nSPS) is 21.0. The van der Waals surface area contributed by atoms with Crippen LogP contribution in [0.3, 0.4) is 0 Å². The number of halogens is 1. The molecule has 2 nitrogen and oxygen atoms in total. The van der Waals surface area contributed by atoms with Crippen LogP contribution in [-0.4, -0.2) is 16.4 Å². The van der Waals surface area contributed by atoms with Gasteiger partial charge in [-0.15, -0.1) is 0 Å². The Kier molecular flexibility index (Phi) is 3.02. The molecule has 0 aliphatic heterocycles. The largest absolute Gasteiger partial charge is 0.507 e. The van der Waals surface area contributed by atoms with E-state index in [0.717, 1.165) is 27.8 Å². The van der Waals surface area contributed by atoms with Gasteiger partial charge in [-0.05, 0) is 59.4 Å². The van der Waals surface area contributed by atoms with Crippen LogP contribution in [0.4, 0.5) is 4.39 Å². The van der Waals surface area contributed by atoms with Crippen molar-refractivity contribution in [3.8, 4) is 16.9 Å². The maximum Gasteiger partial charge on any atom is 0.134 e. The molecular formula is C17H17FO2. The summed E-state index contributed by atoms with van der Waals surface area (Å²) >= 11 is 0. The Morgan fingerprint density at radius 1 is 1.05 bits per heavy atom. The Hall–Kier alpha value is -1.87. The summed E-state index contributed by atoms with van der Waals surface area (Å²) in [6.07, 6.45) is -1.94. The second-order valence-corrected chi connectivity index (χ2v) is 5.54. The van der Waals surface area contributed by atoms with Crippen LogP contribution in [0.5, 0.6) is 5.75 Å². The van der Waals surface area contributed by atoms with Gasteiger partial charge in [-0.1, -0.05) is 18.2 Å². The highest BCUT2D eigenvalue weighted by Gasteiger charge is 2.30. The van der Waals surface area contributed by atoms with Gasteiger partial charge in [0.25, 0.3) is 0 Å². The van der Waals surface area contributed by atoms with Crippen molar-refractivity contribution in [1.82, 2.24) is 0 Å². The van der Waals surface area contributed by atoms with Gasteiger partial charge in [0.1, 0.15) is 18.0 Å². The fourth-order valence-corrected chi connectivity index (χ4v) is 2.89. The smallest absolute Gasteiger partial charge is 0.134 e. The summed E-state index contributed by atoms with van der Waals surface area (Å²) in [5, 5.41) is 19.5. The second kappa shape index (κ2) is 4.60. The molecule has 2 aromatic carbocycles. The molecule has 2 unspecified atom stereocenters. The van der Waals surface area contributed by atoms with E-state index in [0.29, 0.717) is 11.3 Å². The molecule has 0 amide bonds. The number of aryl methyl sites for hydroxylation is 2. The molecule has 1 aliphatic rings. The number of hydrogen-bond acceptors (Lipinski definition) is 2. The summed E-state index contributed by atoms with van der Waals surface area (Å²) in [6, 6.07) is 9.46. The third-order valence-corrected chi connectivity index (χ3v) is 4.04. The zero-order valence-corrected chi connectivity index (χ0v) is 11.5. The maximum atomic E-state index is 13.5. The minimum atomic E-state index is -1.21. The van der Waals surface area contributed by atoms with Crippen molar-refractivity contribution >= 4 is 0 Å². The molecule has 0 saturated carbocycles. The zero-order chi connectivity index (χ0) is 14.4. The summed E-state index contributed by atoms with van der Waals surface area (Å²) in [5.74, 6) is 0.314. The highest BCUT2D eigenvalue weighted by atomic mass is 19.1. The lowest BCUT2D eigenvalue weighted by molar-refractivity contribution is 0.0926. The van der Waals surface area contributed by atoms with Crippen molar-refractivity contribution in [2.45, 2.75) is 32.5 Å². The van der Waals surface area contributed by atoms with Gasteiger partial charge in [0.2, 0.25) is 0 Å². The molecule has 0 aromatic heterocycles. The molecule has 0 heterocycles. The first kappa shape index (κ1) is 13.1.